The first-order valence-corrected chi connectivity index (χ1v) is 7.55. The minimum atomic E-state index is 0.491. The number of nitrogens with one attached hydrogen (secondary N) is 1. The topological polar surface area (TPSA) is 54.2 Å². The second kappa shape index (κ2) is 6.03. The molecule has 1 aliphatic rings. The highest BCUT2D eigenvalue weighted by molar-refractivity contribution is 9.10. The zero-order chi connectivity index (χ0) is 13.9. The number of hydrogen-bond donors (Lipinski definition) is 1. The molecule has 0 aliphatic carbocycles. The molecule has 1 N–H and O–H groups in total. The molecule has 1 aliphatic heterocycles. The van der Waals surface area contributed by atoms with Crippen molar-refractivity contribution in [1.29, 1.82) is 0 Å². The Balaban J connectivity index is 1.73. The van der Waals surface area contributed by atoms with Gasteiger partial charge in [0.2, 0.25) is 11.7 Å². The first-order valence-electron chi connectivity index (χ1n) is 6.75. The van der Waals surface area contributed by atoms with E-state index in [1.54, 1.807) is 0 Å². The Bertz CT molecular complexity index is 586. The van der Waals surface area contributed by atoms with Gasteiger partial charge < -0.3 is 9.84 Å². The van der Waals surface area contributed by atoms with Gasteiger partial charge in [0.1, 0.15) is 0 Å². The van der Waals surface area contributed by atoms with Crippen molar-refractivity contribution >= 4 is 15.9 Å². The molecule has 1 fully saturated rings. The van der Waals surface area contributed by atoms with Crippen molar-refractivity contribution in [2.45, 2.75) is 19.5 Å². The molecule has 1 saturated heterocycles. The van der Waals surface area contributed by atoms with Crippen LogP contribution in [0.15, 0.2) is 33.3 Å². The first-order chi connectivity index (χ1) is 9.72. The van der Waals surface area contributed by atoms with Gasteiger partial charge in [-0.05, 0) is 19.1 Å². The minimum Gasteiger partial charge on any atom is -0.338 e. The Morgan fingerprint density at radius 3 is 3.20 bits per heavy atom. The van der Waals surface area contributed by atoms with Gasteiger partial charge in [-0.25, -0.2) is 0 Å². The fourth-order valence-corrected chi connectivity index (χ4v) is 2.75. The van der Waals surface area contributed by atoms with Crippen LogP contribution in [0.25, 0.3) is 11.4 Å². The number of piperazine rings is 1. The van der Waals surface area contributed by atoms with E-state index in [2.05, 4.69) is 43.2 Å². The van der Waals surface area contributed by atoms with Gasteiger partial charge >= 0.3 is 0 Å². The smallest absolute Gasteiger partial charge is 0.241 e. The highest BCUT2D eigenvalue weighted by atomic mass is 79.9. The lowest BCUT2D eigenvalue weighted by atomic mass is 10.2. The summed E-state index contributed by atoms with van der Waals surface area (Å²) >= 11 is 3.45. The van der Waals surface area contributed by atoms with Gasteiger partial charge in [-0.2, -0.15) is 4.98 Å². The summed E-state index contributed by atoms with van der Waals surface area (Å²) in [5.74, 6) is 1.32. The van der Waals surface area contributed by atoms with Crippen LogP contribution < -0.4 is 5.32 Å². The maximum atomic E-state index is 5.37. The van der Waals surface area contributed by atoms with Gasteiger partial charge in [-0.1, -0.05) is 33.2 Å². The molecule has 20 heavy (non-hydrogen) atoms. The highest BCUT2D eigenvalue weighted by Crippen LogP contribution is 2.21. The molecule has 1 aromatic heterocycles. The second-order valence-electron chi connectivity index (χ2n) is 5.05. The van der Waals surface area contributed by atoms with Gasteiger partial charge in [0.25, 0.3) is 0 Å². The number of aromatic nitrogens is 2. The number of nitrogens with zero attached hydrogens (tertiary/aromatic N) is 3. The lowest BCUT2D eigenvalue weighted by Gasteiger charge is -2.32. The lowest BCUT2D eigenvalue weighted by Crippen LogP contribution is -2.49. The molecule has 6 heteroatoms. The molecule has 5 nitrogen and oxygen atoms in total. The zero-order valence-electron chi connectivity index (χ0n) is 11.3. The van der Waals surface area contributed by atoms with Crippen LogP contribution in [0.1, 0.15) is 12.8 Å². The quantitative estimate of drug-likeness (QED) is 0.931. The molecule has 3 rings (SSSR count). The van der Waals surface area contributed by atoms with E-state index in [1.165, 1.54) is 0 Å². The Labute approximate surface area is 126 Å². The standard InChI is InChI=1S/C14H17BrN4O/c1-10-8-16-5-6-19(10)9-13-17-14(18-20-13)11-3-2-4-12(15)7-11/h2-4,7,10,16H,5-6,8-9H2,1H3/t10-/m1/s1. The molecule has 106 valence electrons. The van der Waals surface area contributed by atoms with E-state index < -0.39 is 0 Å². The fraction of sp³-hybridized carbons (Fsp3) is 0.429. The number of hydrogen-bond acceptors (Lipinski definition) is 5. The molecule has 0 radical (unpaired) electrons. The fourth-order valence-electron chi connectivity index (χ4n) is 2.36. The average molecular weight is 337 g/mol. The van der Waals surface area contributed by atoms with Crippen LogP contribution in [0.5, 0.6) is 0 Å². The van der Waals surface area contributed by atoms with E-state index in [9.17, 15) is 0 Å². The van der Waals surface area contributed by atoms with E-state index in [1.807, 2.05) is 24.3 Å². The molecular weight excluding hydrogens is 320 g/mol. The van der Waals surface area contributed by atoms with E-state index >= 15 is 0 Å². The van der Waals surface area contributed by atoms with Crippen molar-refractivity contribution in [1.82, 2.24) is 20.4 Å². The summed E-state index contributed by atoms with van der Waals surface area (Å²) in [5, 5.41) is 7.44. The van der Waals surface area contributed by atoms with Crippen LogP contribution >= 0.6 is 15.9 Å². The molecule has 2 aromatic rings. The maximum absolute atomic E-state index is 5.37. The monoisotopic (exact) mass is 336 g/mol. The number of benzene rings is 1. The zero-order valence-corrected chi connectivity index (χ0v) is 12.9. The van der Waals surface area contributed by atoms with Crippen LogP contribution in [0.4, 0.5) is 0 Å². The summed E-state index contributed by atoms with van der Waals surface area (Å²) < 4.78 is 6.38. The Morgan fingerprint density at radius 1 is 1.50 bits per heavy atom. The van der Waals surface area contributed by atoms with Gasteiger partial charge in [0.15, 0.2) is 0 Å². The molecule has 1 aromatic carbocycles. The molecule has 0 amide bonds. The third kappa shape index (κ3) is 3.08. The van der Waals surface area contributed by atoms with Crippen LogP contribution in [0.2, 0.25) is 0 Å². The van der Waals surface area contributed by atoms with E-state index in [-0.39, 0.29) is 0 Å². The van der Waals surface area contributed by atoms with Gasteiger partial charge in [0.05, 0.1) is 6.54 Å². The molecular formula is C14H17BrN4O. The van der Waals surface area contributed by atoms with Gasteiger partial charge in [-0.15, -0.1) is 0 Å². The predicted octanol–water partition coefficient (Wildman–Crippen LogP) is 2.29. The average Bonchev–Trinajstić information content (AvgIpc) is 2.90. The van der Waals surface area contributed by atoms with E-state index in [0.29, 0.717) is 24.3 Å². The Hall–Kier alpha value is -1.24. The molecule has 0 bridgehead atoms. The first kappa shape index (κ1) is 13.7. The third-order valence-electron chi connectivity index (χ3n) is 3.53. The van der Waals surface area contributed by atoms with E-state index in [4.69, 9.17) is 4.52 Å². The van der Waals surface area contributed by atoms with Crippen molar-refractivity contribution < 1.29 is 4.52 Å². The SMILES string of the molecule is C[C@@H]1CNCCN1Cc1nc(-c2cccc(Br)c2)no1. The molecule has 0 unspecified atom stereocenters. The Morgan fingerprint density at radius 2 is 2.40 bits per heavy atom. The van der Waals surface area contributed by atoms with E-state index in [0.717, 1.165) is 29.7 Å². The normalized spacial score (nSPS) is 20.2. The highest BCUT2D eigenvalue weighted by Gasteiger charge is 2.20. The summed E-state index contributed by atoms with van der Waals surface area (Å²) in [6.45, 7) is 5.95. The van der Waals surface area contributed by atoms with Crippen LogP contribution in [-0.2, 0) is 6.54 Å². The molecule has 0 saturated carbocycles. The summed E-state index contributed by atoms with van der Waals surface area (Å²) in [4.78, 5) is 6.85. The molecule has 2 heterocycles. The lowest BCUT2D eigenvalue weighted by molar-refractivity contribution is 0.146. The van der Waals surface area contributed by atoms with Crippen LogP contribution in [0.3, 0.4) is 0 Å². The van der Waals surface area contributed by atoms with Crippen LogP contribution in [-0.4, -0.2) is 40.7 Å². The summed E-state index contributed by atoms with van der Waals surface area (Å²) in [6, 6.07) is 8.40. The number of rotatable bonds is 3. The summed E-state index contributed by atoms with van der Waals surface area (Å²) in [7, 11) is 0. The van der Waals surface area contributed by atoms with Gasteiger partial charge in [-0.3, -0.25) is 4.90 Å². The van der Waals surface area contributed by atoms with Crippen molar-refractivity contribution in [2.24, 2.45) is 0 Å². The summed E-state index contributed by atoms with van der Waals surface area (Å²) in [6.07, 6.45) is 0. The Kier molecular flexibility index (Phi) is 4.14. The molecule has 1 atom stereocenters. The van der Waals surface area contributed by atoms with Crippen molar-refractivity contribution in [3.8, 4) is 11.4 Å². The predicted molar refractivity (Wildman–Crippen MR) is 80.2 cm³/mol. The number of halogens is 1. The van der Waals surface area contributed by atoms with Gasteiger partial charge in [0, 0.05) is 35.7 Å². The van der Waals surface area contributed by atoms with Crippen molar-refractivity contribution in [2.75, 3.05) is 19.6 Å². The van der Waals surface area contributed by atoms with Crippen molar-refractivity contribution in [3.05, 3.63) is 34.6 Å². The van der Waals surface area contributed by atoms with Crippen LogP contribution in [0, 0.1) is 0 Å². The summed E-state index contributed by atoms with van der Waals surface area (Å²) in [5.41, 5.74) is 0.961. The maximum Gasteiger partial charge on any atom is 0.241 e. The largest absolute Gasteiger partial charge is 0.338 e. The van der Waals surface area contributed by atoms with Crippen molar-refractivity contribution in [3.63, 3.8) is 0 Å². The minimum absolute atomic E-state index is 0.491. The molecule has 0 spiro atoms. The third-order valence-corrected chi connectivity index (χ3v) is 4.02. The second-order valence-corrected chi connectivity index (χ2v) is 5.96.